The molecule has 1 atom stereocenters. The summed E-state index contributed by atoms with van der Waals surface area (Å²) < 4.78 is 5.51. The van der Waals surface area contributed by atoms with Crippen molar-refractivity contribution in [2.75, 3.05) is 28.7 Å². The molecule has 11 heteroatoms. The number of carbonyl (C=O) groups is 4. The van der Waals surface area contributed by atoms with E-state index in [-0.39, 0.29) is 30.9 Å². The molecule has 1 aliphatic rings. The highest BCUT2D eigenvalue weighted by Crippen LogP contribution is 2.45. The average molecular weight is 602 g/mol. The Morgan fingerprint density at radius 1 is 0.911 bits per heavy atom. The molecular formula is C34H27N5O6. The Balaban J connectivity index is 1.17. The number of aliphatic hydroxyl groups excluding tert-OH is 1. The lowest BCUT2D eigenvalue weighted by Gasteiger charge is -2.18. The number of aromatic amines is 2. The number of carbonyl (C=O) groups excluding carboxylic acids is 4. The summed E-state index contributed by atoms with van der Waals surface area (Å²) >= 11 is 0. The summed E-state index contributed by atoms with van der Waals surface area (Å²) in [5.74, 6) is -1.10. The van der Waals surface area contributed by atoms with Crippen LogP contribution >= 0.6 is 0 Å². The van der Waals surface area contributed by atoms with E-state index < -0.39 is 5.97 Å². The molecule has 0 spiro atoms. The number of esters is 1. The number of hydrogen-bond donors (Lipinski definition) is 5. The van der Waals surface area contributed by atoms with E-state index in [0.717, 1.165) is 32.6 Å². The minimum absolute atomic E-state index is 0.156. The molecule has 3 amide bonds. The van der Waals surface area contributed by atoms with Crippen LogP contribution in [-0.4, -0.2) is 52.4 Å². The molecule has 0 aliphatic carbocycles. The Morgan fingerprint density at radius 2 is 1.58 bits per heavy atom. The van der Waals surface area contributed by atoms with Crippen molar-refractivity contribution in [3.05, 3.63) is 95.8 Å². The van der Waals surface area contributed by atoms with Gasteiger partial charge in [-0.3, -0.25) is 19.2 Å². The monoisotopic (exact) mass is 601 g/mol. The molecule has 0 saturated carbocycles. The fraction of sp³-hybridized carbons (Fsp3) is 0.118. The molecule has 3 heterocycles. The smallest absolute Gasteiger partial charge is 0.308 e. The van der Waals surface area contributed by atoms with E-state index in [1.165, 1.54) is 6.92 Å². The summed E-state index contributed by atoms with van der Waals surface area (Å²) in [6.45, 7) is 1.43. The molecule has 224 valence electrons. The Kier molecular flexibility index (Phi) is 6.79. The van der Waals surface area contributed by atoms with Crippen LogP contribution in [0.2, 0.25) is 0 Å². The molecular weight excluding hydrogens is 574 g/mol. The summed E-state index contributed by atoms with van der Waals surface area (Å²) in [6.07, 6.45) is 0.594. The van der Waals surface area contributed by atoms with Crippen LogP contribution in [0.4, 0.5) is 17.1 Å². The number of aliphatic hydroxyl groups is 1. The lowest BCUT2D eigenvalue weighted by molar-refractivity contribution is -0.131. The van der Waals surface area contributed by atoms with Gasteiger partial charge in [0.2, 0.25) is 6.41 Å². The second-order valence-corrected chi connectivity index (χ2v) is 10.9. The van der Waals surface area contributed by atoms with Gasteiger partial charge in [-0.25, -0.2) is 0 Å². The molecule has 0 bridgehead atoms. The van der Waals surface area contributed by atoms with Gasteiger partial charge >= 0.3 is 5.97 Å². The van der Waals surface area contributed by atoms with Gasteiger partial charge in [0.15, 0.2) is 0 Å². The highest BCUT2D eigenvalue weighted by Gasteiger charge is 2.35. The van der Waals surface area contributed by atoms with Crippen LogP contribution in [0.3, 0.4) is 0 Å². The lowest BCUT2D eigenvalue weighted by atomic mass is 9.95. The second kappa shape index (κ2) is 11.0. The van der Waals surface area contributed by atoms with E-state index in [4.69, 9.17) is 4.74 Å². The maximum atomic E-state index is 13.9. The normalized spacial score (nSPS) is 14.1. The van der Waals surface area contributed by atoms with Crippen molar-refractivity contribution in [3.8, 4) is 5.75 Å². The zero-order valence-corrected chi connectivity index (χ0v) is 24.0. The molecule has 7 rings (SSSR count). The van der Waals surface area contributed by atoms with Gasteiger partial charge in [-0.15, -0.1) is 0 Å². The number of aromatic nitrogens is 2. The van der Waals surface area contributed by atoms with E-state index >= 15 is 0 Å². The van der Waals surface area contributed by atoms with Gasteiger partial charge < -0.3 is 35.3 Å². The van der Waals surface area contributed by atoms with Crippen LogP contribution in [0.25, 0.3) is 32.6 Å². The van der Waals surface area contributed by atoms with Crippen LogP contribution in [0.15, 0.2) is 78.9 Å². The Bertz CT molecular complexity index is 2180. The number of ether oxygens (including phenoxy) is 1. The Hall–Kier alpha value is -5.94. The summed E-state index contributed by atoms with van der Waals surface area (Å²) in [5.41, 5.74) is 4.70. The number of amides is 3. The molecule has 0 radical (unpaired) electrons. The van der Waals surface area contributed by atoms with E-state index in [0.29, 0.717) is 46.1 Å². The predicted molar refractivity (Wildman–Crippen MR) is 171 cm³/mol. The fourth-order valence-corrected chi connectivity index (χ4v) is 6.08. The van der Waals surface area contributed by atoms with Crippen LogP contribution < -0.4 is 20.3 Å². The number of benzene rings is 4. The molecule has 11 nitrogen and oxygen atoms in total. The third kappa shape index (κ3) is 4.94. The van der Waals surface area contributed by atoms with Gasteiger partial charge in [-0.1, -0.05) is 24.3 Å². The lowest BCUT2D eigenvalue weighted by Crippen LogP contribution is -2.30. The zero-order chi connectivity index (χ0) is 31.2. The zero-order valence-electron chi connectivity index (χ0n) is 24.0. The van der Waals surface area contributed by atoms with Crippen LogP contribution in [0.5, 0.6) is 5.75 Å². The third-order valence-electron chi connectivity index (χ3n) is 8.05. The second-order valence-electron chi connectivity index (χ2n) is 10.9. The molecule has 0 fully saturated rings. The Morgan fingerprint density at radius 3 is 2.29 bits per heavy atom. The quantitative estimate of drug-likeness (QED) is 0.0952. The standard InChI is InChI=1S/C34H27N5O6/c1-18(42)45-31-14-30-32(25-5-3-2-4-24(25)31)21(16-40)15-39(30)34(44)29-13-20-11-23(7-9-27(20)38-29)36-33(43)28-12-19-10-22(35-17-41)6-8-26(19)37-28/h2-14,17,21,37-38,40H,15-16H2,1H3,(H,35,41)(H,36,43). The number of nitrogens with zero attached hydrogens (tertiary/aromatic N) is 1. The highest BCUT2D eigenvalue weighted by molar-refractivity contribution is 6.12. The summed E-state index contributed by atoms with van der Waals surface area (Å²) in [5, 5.41) is 18.8. The largest absolute Gasteiger partial charge is 0.426 e. The predicted octanol–water partition coefficient (Wildman–Crippen LogP) is 5.28. The van der Waals surface area contributed by atoms with Crippen molar-refractivity contribution in [1.82, 2.24) is 9.97 Å². The van der Waals surface area contributed by atoms with Gasteiger partial charge in [0.1, 0.15) is 17.1 Å². The van der Waals surface area contributed by atoms with Gasteiger partial charge in [-0.05, 0) is 59.5 Å². The minimum atomic E-state index is -0.473. The topological polar surface area (TPSA) is 157 Å². The summed E-state index contributed by atoms with van der Waals surface area (Å²) in [4.78, 5) is 57.4. The molecule has 5 N–H and O–H groups in total. The number of anilines is 3. The number of nitrogens with one attached hydrogen (secondary N) is 4. The van der Waals surface area contributed by atoms with E-state index in [1.807, 2.05) is 24.3 Å². The molecule has 2 aromatic heterocycles. The molecule has 0 saturated heterocycles. The first-order valence-corrected chi connectivity index (χ1v) is 14.3. The van der Waals surface area contributed by atoms with Gasteiger partial charge in [0, 0.05) is 64.0 Å². The van der Waals surface area contributed by atoms with E-state index in [1.54, 1.807) is 59.5 Å². The number of rotatable bonds is 7. The van der Waals surface area contributed by atoms with Crippen LogP contribution in [-0.2, 0) is 9.59 Å². The van der Waals surface area contributed by atoms with E-state index in [9.17, 15) is 24.3 Å². The summed E-state index contributed by atoms with van der Waals surface area (Å²) in [7, 11) is 0. The maximum absolute atomic E-state index is 13.9. The number of H-pyrrole nitrogens is 2. The number of fused-ring (bicyclic) bond motifs is 5. The molecule has 1 unspecified atom stereocenters. The van der Waals surface area contributed by atoms with Crippen molar-refractivity contribution in [3.63, 3.8) is 0 Å². The summed E-state index contributed by atoms with van der Waals surface area (Å²) in [6, 6.07) is 23.2. The SMILES string of the molecule is CC(=O)Oc1cc2c(c3ccccc13)C(CO)CN2C(=O)c1cc2cc(NC(=O)c3cc4cc(NC=O)ccc4[nH]3)ccc2[nH]1. The number of hydrogen-bond acceptors (Lipinski definition) is 6. The molecule has 1 aliphatic heterocycles. The molecule has 45 heavy (non-hydrogen) atoms. The van der Waals surface area contributed by atoms with Crippen molar-refractivity contribution in [2.24, 2.45) is 0 Å². The first-order valence-electron chi connectivity index (χ1n) is 14.3. The molecule has 6 aromatic rings. The van der Waals surface area contributed by atoms with Crippen molar-refractivity contribution in [1.29, 1.82) is 0 Å². The van der Waals surface area contributed by atoms with Crippen molar-refractivity contribution < 1.29 is 29.0 Å². The first-order chi connectivity index (χ1) is 21.8. The Labute approximate surface area is 255 Å². The van der Waals surface area contributed by atoms with Crippen molar-refractivity contribution in [2.45, 2.75) is 12.8 Å². The van der Waals surface area contributed by atoms with Gasteiger partial charge in [-0.2, -0.15) is 0 Å². The third-order valence-corrected chi connectivity index (χ3v) is 8.05. The highest BCUT2D eigenvalue weighted by atomic mass is 16.5. The van der Waals surface area contributed by atoms with Crippen molar-refractivity contribution >= 4 is 73.8 Å². The van der Waals surface area contributed by atoms with Gasteiger partial charge in [0.05, 0.1) is 12.3 Å². The van der Waals surface area contributed by atoms with Crippen LogP contribution in [0, 0.1) is 0 Å². The van der Waals surface area contributed by atoms with Gasteiger partial charge in [0.25, 0.3) is 11.8 Å². The fourth-order valence-electron chi connectivity index (χ4n) is 6.08. The maximum Gasteiger partial charge on any atom is 0.308 e. The average Bonchev–Trinajstić information content (AvgIpc) is 3.75. The first kappa shape index (κ1) is 27.9. The van der Waals surface area contributed by atoms with Crippen LogP contribution in [0.1, 0.15) is 39.4 Å². The molecule has 4 aromatic carbocycles. The van der Waals surface area contributed by atoms with E-state index in [2.05, 4.69) is 20.6 Å². The minimum Gasteiger partial charge on any atom is -0.426 e.